The minimum Gasteiger partial charge on any atom is -0.481 e. The summed E-state index contributed by atoms with van der Waals surface area (Å²) in [5.41, 5.74) is 0. The molecule has 0 rings (SSSR count). The molecule has 0 bridgehead atoms. The number of hydrogen-bond donors (Lipinski definition) is 2. The second kappa shape index (κ2) is 15.9. The first kappa shape index (κ1) is 25.9. The maximum absolute atomic E-state index is 12.0. The third kappa shape index (κ3) is 18.0. The van der Waals surface area contributed by atoms with E-state index >= 15 is 0 Å². The van der Waals surface area contributed by atoms with Gasteiger partial charge in [-0.3, -0.25) is 9.59 Å². The summed E-state index contributed by atoms with van der Waals surface area (Å²) in [7, 11) is -3.28. The van der Waals surface area contributed by atoms with Gasteiger partial charge in [-0.25, -0.2) is 13.1 Å². The maximum atomic E-state index is 12.0. The van der Waals surface area contributed by atoms with Gasteiger partial charge in [-0.2, -0.15) is 0 Å². The predicted molar refractivity (Wildman–Crippen MR) is 106 cm³/mol. The highest BCUT2D eigenvalue weighted by Gasteiger charge is 2.13. The molecule has 0 aromatic carbocycles. The number of rotatable bonds is 18. The van der Waals surface area contributed by atoms with Crippen molar-refractivity contribution >= 4 is 22.0 Å². The molecule has 8 heteroatoms. The van der Waals surface area contributed by atoms with E-state index in [9.17, 15) is 18.0 Å². The van der Waals surface area contributed by atoms with Crippen molar-refractivity contribution < 1.29 is 27.9 Å². The minimum atomic E-state index is -3.28. The van der Waals surface area contributed by atoms with E-state index in [1.54, 1.807) is 0 Å². The number of carboxylic acids is 1. The largest absolute Gasteiger partial charge is 0.481 e. The lowest BCUT2D eigenvalue weighted by molar-refractivity contribution is -0.147. The van der Waals surface area contributed by atoms with Gasteiger partial charge in [-0.1, -0.05) is 32.6 Å². The van der Waals surface area contributed by atoms with Crippen molar-refractivity contribution in [3.8, 4) is 0 Å². The van der Waals surface area contributed by atoms with E-state index in [0.29, 0.717) is 38.6 Å². The van der Waals surface area contributed by atoms with E-state index in [1.165, 1.54) is 6.92 Å². The van der Waals surface area contributed by atoms with E-state index in [0.717, 1.165) is 38.5 Å². The molecule has 1 atom stereocenters. The number of carboxylic acid groups (broad SMARTS) is 1. The van der Waals surface area contributed by atoms with Crippen molar-refractivity contribution in [1.29, 1.82) is 0 Å². The highest BCUT2D eigenvalue weighted by Crippen LogP contribution is 2.14. The van der Waals surface area contributed by atoms with Gasteiger partial charge in [0.2, 0.25) is 10.0 Å². The fraction of sp³-hybridized carbons (Fsp3) is 0.895. The molecule has 7 nitrogen and oxygen atoms in total. The first-order valence-electron chi connectivity index (χ1n) is 10.1. The SMILES string of the molecule is CCCCCC(CCCCS(=O)(=O)NCCCCCCC(=O)O)OC(C)=O. The molecule has 0 heterocycles. The van der Waals surface area contributed by atoms with Gasteiger partial charge in [-0.05, 0) is 44.9 Å². The molecule has 0 amide bonds. The van der Waals surface area contributed by atoms with Crippen LogP contribution in [0.15, 0.2) is 0 Å². The van der Waals surface area contributed by atoms with Crippen LogP contribution in [0.3, 0.4) is 0 Å². The molecule has 27 heavy (non-hydrogen) atoms. The van der Waals surface area contributed by atoms with Crippen molar-refractivity contribution in [3.05, 3.63) is 0 Å². The molecule has 0 spiro atoms. The van der Waals surface area contributed by atoms with Crippen LogP contribution in [0, 0.1) is 0 Å². The molecule has 0 fully saturated rings. The molecule has 0 aliphatic carbocycles. The molecule has 160 valence electrons. The highest BCUT2D eigenvalue weighted by molar-refractivity contribution is 7.89. The Morgan fingerprint density at radius 3 is 2.19 bits per heavy atom. The first-order chi connectivity index (χ1) is 12.8. The fourth-order valence-electron chi connectivity index (χ4n) is 2.84. The van der Waals surface area contributed by atoms with Gasteiger partial charge >= 0.3 is 11.9 Å². The number of carbonyl (C=O) groups is 2. The lowest BCUT2D eigenvalue weighted by Gasteiger charge is -2.16. The van der Waals surface area contributed by atoms with Crippen LogP contribution in [0.2, 0.25) is 0 Å². The Bertz CT molecular complexity index is 506. The van der Waals surface area contributed by atoms with Crippen molar-refractivity contribution in [1.82, 2.24) is 4.72 Å². The highest BCUT2D eigenvalue weighted by atomic mass is 32.2. The number of sulfonamides is 1. The molecule has 0 aromatic heterocycles. The Morgan fingerprint density at radius 1 is 0.963 bits per heavy atom. The van der Waals surface area contributed by atoms with Gasteiger partial charge in [0.1, 0.15) is 6.10 Å². The Hall–Kier alpha value is -1.15. The van der Waals surface area contributed by atoms with Crippen LogP contribution in [0.1, 0.15) is 90.9 Å². The summed E-state index contributed by atoms with van der Waals surface area (Å²) >= 11 is 0. The second-order valence-electron chi connectivity index (χ2n) is 6.99. The van der Waals surface area contributed by atoms with Gasteiger partial charge in [0.05, 0.1) is 5.75 Å². The van der Waals surface area contributed by atoms with E-state index < -0.39 is 16.0 Å². The molecule has 0 saturated heterocycles. The van der Waals surface area contributed by atoms with Crippen molar-refractivity contribution in [2.24, 2.45) is 0 Å². The van der Waals surface area contributed by atoms with Crippen LogP contribution < -0.4 is 4.72 Å². The summed E-state index contributed by atoms with van der Waals surface area (Å²) in [4.78, 5) is 21.6. The molecule has 0 aromatic rings. The number of hydrogen-bond acceptors (Lipinski definition) is 5. The van der Waals surface area contributed by atoms with Crippen LogP contribution >= 0.6 is 0 Å². The summed E-state index contributed by atoms with van der Waals surface area (Å²) in [5.74, 6) is -1.00. The Morgan fingerprint density at radius 2 is 1.59 bits per heavy atom. The second-order valence-corrected chi connectivity index (χ2v) is 8.92. The van der Waals surface area contributed by atoms with Crippen LogP contribution in [0.5, 0.6) is 0 Å². The quantitative estimate of drug-likeness (QED) is 0.265. The Kier molecular flexibility index (Phi) is 15.2. The lowest BCUT2D eigenvalue weighted by atomic mass is 10.1. The summed E-state index contributed by atoms with van der Waals surface area (Å²) < 4.78 is 31.8. The van der Waals surface area contributed by atoms with Crippen LogP contribution in [-0.4, -0.2) is 43.9 Å². The fourth-order valence-corrected chi connectivity index (χ4v) is 4.02. The Labute approximate surface area is 164 Å². The molecular weight excluding hydrogens is 370 g/mol. The summed E-state index contributed by atoms with van der Waals surface area (Å²) in [6.07, 6.45) is 9.01. The number of nitrogens with one attached hydrogen (secondary N) is 1. The van der Waals surface area contributed by atoms with E-state index in [4.69, 9.17) is 9.84 Å². The zero-order valence-corrected chi connectivity index (χ0v) is 17.7. The zero-order valence-electron chi connectivity index (χ0n) is 16.9. The molecule has 0 aliphatic rings. The first-order valence-corrected chi connectivity index (χ1v) is 11.8. The van der Waals surface area contributed by atoms with Crippen molar-refractivity contribution in [3.63, 3.8) is 0 Å². The minimum absolute atomic E-state index is 0.0771. The lowest BCUT2D eigenvalue weighted by Crippen LogP contribution is -2.27. The molecule has 0 aliphatic heterocycles. The van der Waals surface area contributed by atoms with Crippen molar-refractivity contribution in [2.45, 2.75) is 97.0 Å². The Balaban J connectivity index is 3.87. The number of unbranched alkanes of at least 4 members (excludes halogenated alkanes) is 6. The normalized spacial score (nSPS) is 12.7. The number of esters is 1. The van der Waals surface area contributed by atoms with Crippen LogP contribution in [-0.2, 0) is 24.3 Å². The monoisotopic (exact) mass is 407 g/mol. The molecule has 2 N–H and O–H groups in total. The van der Waals surface area contributed by atoms with Gasteiger partial charge in [0.15, 0.2) is 0 Å². The third-order valence-electron chi connectivity index (χ3n) is 4.29. The van der Waals surface area contributed by atoms with Gasteiger partial charge in [-0.15, -0.1) is 0 Å². The topological polar surface area (TPSA) is 110 Å². The van der Waals surface area contributed by atoms with Crippen LogP contribution in [0.4, 0.5) is 0 Å². The average molecular weight is 408 g/mol. The van der Waals surface area contributed by atoms with Gasteiger partial charge in [0, 0.05) is 19.9 Å². The zero-order chi connectivity index (χ0) is 20.5. The molecule has 0 saturated carbocycles. The van der Waals surface area contributed by atoms with Gasteiger partial charge < -0.3 is 9.84 Å². The average Bonchev–Trinajstić information content (AvgIpc) is 2.57. The smallest absolute Gasteiger partial charge is 0.303 e. The third-order valence-corrected chi connectivity index (χ3v) is 5.76. The maximum Gasteiger partial charge on any atom is 0.303 e. The molecule has 0 radical (unpaired) electrons. The van der Waals surface area contributed by atoms with E-state index in [1.807, 2.05) is 0 Å². The molecule has 1 unspecified atom stereocenters. The van der Waals surface area contributed by atoms with Gasteiger partial charge in [0.25, 0.3) is 0 Å². The predicted octanol–water partition coefficient (Wildman–Crippen LogP) is 3.62. The summed E-state index contributed by atoms with van der Waals surface area (Å²) in [6.45, 7) is 3.92. The summed E-state index contributed by atoms with van der Waals surface area (Å²) in [5, 5.41) is 8.54. The summed E-state index contributed by atoms with van der Waals surface area (Å²) in [6, 6.07) is 0. The standard InChI is InChI=1S/C19H37NO6S/c1-3-4-7-12-18(26-17(2)21)13-9-11-16-27(24,25)20-15-10-6-5-8-14-19(22)23/h18,20H,3-16H2,1-2H3,(H,22,23). The van der Waals surface area contributed by atoms with Crippen LogP contribution in [0.25, 0.3) is 0 Å². The van der Waals surface area contributed by atoms with Crippen molar-refractivity contribution in [2.75, 3.05) is 12.3 Å². The number of ether oxygens (including phenoxy) is 1. The number of aliphatic carboxylic acids is 1. The van der Waals surface area contributed by atoms with E-state index in [2.05, 4.69) is 11.6 Å². The molecular formula is C19H37NO6S. The van der Waals surface area contributed by atoms with E-state index in [-0.39, 0.29) is 24.2 Å². The number of carbonyl (C=O) groups excluding carboxylic acids is 1.